The Bertz CT molecular complexity index is 149. The number of nitrogens with one attached hydrogen (secondary N) is 1. The van der Waals surface area contributed by atoms with Crippen LogP contribution in [0, 0.1) is 0 Å². The van der Waals surface area contributed by atoms with Crippen LogP contribution in [-0.4, -0.2) is 25.8 Å². The van der Waals surface area contributed by atoms with Crippen LogP contribution in [0.1, 0.15) is 58.3 Å². The van der Waals surface area contributed by atoms with E-state index in [4.69, 9.17) is 4.74 Å². The second kappa shape index (κ2) is 8.12. The minimum Gasteiger partial charge on any atom is -0.378 e. The van der Waals surface area contributed by atoms with Crippen LogP contribution in [0.25, 0.3) is 0 Å². The van der Waals surface area contributed by atoms with E-state index in [-0.39, 0.29) is 0 Å². The van der Waals surface area contributed by atoms with E-state index >= 15 is 0 Å². The monoisotopic (exact) mass is 213 g/mol. The molecular formula is C13H27NO. The molecule has 90 valence electrons. The maximum absolute atomic E-state index is 5.88. The number of rotatable bonds is 8. The van der Waals surface area contributed by atoms with Crippen molar-refractivity contribution in [3.63, 3.8) is 0 Å². The normalized spacial score (nSPS) is 26.0. The second-order valence-electron chi connectivity index (χ2n) is 4.71. The molecule has 0 radical (unpaired) electrons. The molecule has 1 N–H and O–H groups in total. The van der Waals surface area contributed by atoms with E-state index in [1.807, 2.05) is 0 Å². The van der Waals surface area contributed by atoms with Gasteiger partial charge in [0.1, 0.15) is 0 Å². The Morgan fingerprint density at radius 3 is 2.60 bits per heavy atom. The molecule has 1 aliphatic rings. The Balaban J connectivity index is 1.88. The summed E-state index contributed by atoms with van der Waals surface area (Å²) < 4.78 is 5.88. The van der Waals surface area contributed by atoms with Gasteiger partial charge in [-0.1, -0.05) is 32.6 Å². The summed E-state index contributed by atoms with van der Waals surface area (Å²) in [7, 11) is 2.05. The average Bonchev–Trinajstić information content (AvgIpc) is 2.71. The zero-order chi connectivity index (χ0) is 10.9. The van der Waals surface area contributed by atoms with Gasteiger partial charge in [0.05, 0.1) is 6.10 Å². The van der Waals surface area contributed by atoms with Crippen molar-refractivity contribution in [1.82, 2.24) is 5.32 Å². The van der Waals surface area contributed by atoms with Gasteiger partial charge in [-0.15, -0.1) is 0 Å². The Kier molecular flexibility index (Phi) is 7.03. The molecule has 0 bridgehead atoms. The van der Waals surface area contributed by atoms with Crippen LogP contribution in [0.15, 0.2) is 0 Å². The highest BCUT2D eigenvalue weighted by Gasteiger charge is 2.23. The molecule has 1 fully saturated rings. The van der Waals surface area contributed by atoms with E-state index in [1.54, 1.807) is 0 Å². The number of unbranched alkanes of at least 4 members (excludes halogenated alkanes) is 4. The third-order valence-corrected chi connectivity index (χ3v) is 3.39. The van der Waals surface area contributed by atoms with Gasteiger partial charge >= 0.3 is 0 Å². The first-order valence-corrected chi connectivity index (χ1v) is 6.65. The van der Waals surface area contributed by atoms with Crippen molar-refractivity contribution in [2.45, 2.75) is 70.4 Å². The summed E-state index contributed by atoms with van der Waals surface area (Å²) >= 11 is 0. The Morgan fingerprint density at radius 1 is 1.13 bits per heavy atom. The summed E-state index contributed by atoms with van der Waals surface area (Å²) in [5, 5.41) is 3.33. The van der Waals surface area contributed by atoms with Crippen LogP contribution in [0.2, 0.25) is 0 Å². The fourth-order valence-corrected chi connectivity index (χ4v) is 2.31. The molecule has 0 saturated heterocycles. The minimum absolute atomic E-state index is 0.536. The maximum atomic E-state index is 5.88. The van der Waals surface area contributed by atoms with Gasteiger partial charge in [0.15, 0.2) is 0 Å². The second-order valence-corrected chi connectivity index (χ2v) is 4.71. The van der Waals surface area contributed by atoms with Crippen LogP contribution in [0.4, 0.5) is 0 Å². The van der Waals surface area contributed by atoms with E-state index in [1.165, 1.54) is 51.4 Å². The Labute approximate surface area is 94.8 Å². The molecule has 2 nitrogen and oxygen atoms in total. The summed E-state index contributed by atoms with van der Waals surface area (Å²) in [5.41, 5.74) is 0. The first-order chi connectivity index (χ1) is 7.36. The highest BCUT2D eigenvalue weighted by molar-refractivity contribution is 4.79. The molecule has 0 aromatic rings. The fourth-order valence-electron chi connectivity index (χ4n) is 2.31. The zero-order valence-corrected chi connectivity index (χ0v) is 10.4. The molecule has 2 atom stereocenters. The number of hydrogen-bond acceptors (Lipinski definition) is 2. The standard InChI is InChI=1S/C13H27NO/c1-3-4-5-6-7-10-15-13-9-8-12(11-13)14-2/h12-14H,3-11H2,1-2H3. The van der Waals surface area contributed by atoms with Gasteiger partial charge in [0.2, 0.25) is 0 Å². The van der Waals surface area contributed by atoms with Gasteiger partial charge in [-0.25, -0.2) is 0 Å². The first kappa shape index (κ1) is 13.0. The molecule has 0 aliphatic heterocycles. The quantitative estimate of drug-likeness (QED) is 0.626. The molecular weight excluding hydrogens is 186 g/mol. The topological polar surface area (TPSA) is 21.3 Å². The molecule has 0 aromatic carbocycles. The third-order valence-electron chi connectivity index (χ3n) is 3.39. The van der Waals surface area contributed by atoms with Crippen molar-refractivity contribution in [3.05, 3.63) is 0 Å². The van der Waals surface area contributed by atoms with E-state index in [0.717, 1.165) is 6.61 Å². The van der Waals surface area contributed by atoms with E-state index < -0.39 is 0 Å². The molecule has 0 spiro atoms. The van der Waals surface area contributed by atoms with Crippen molar-refractivity contribution in [1.29, 1.82) is 0 Å². The molecule has 2 unspecified atom stereocenters. The van der Waals surface area contributed by atoms with Crippen molar-refractivity contribution in [2.75, 3.05) is 13.7 Å². The molecule has 0 aromatic heterocycles. The first-order valence-electron chi connectivity index (χ1n) is 6.65. The molecule has 0 heterocycles. The van der Waals surface area contributed by atoms with Gasteiger partial charge < -0.3 is 10.1 Å². The minimum atomic E-state index is 0.536. The lowest BCUT2D eigenvalue weighted by Crippen LogP contribution is -2.22. The van der Waals surface area contributed by atoms with Gasteiger partial charge in [0.25, 0.3) is 0 Å². The number of hydrogen-bond donors (Lipinski definition) is 1. The molecule has 0 amide bonds. The van der Waals surface area contributed by atoms with E-state index in [9.17, 15) is 0 Å². The van der Waals surface area contributed by atoms with Crippen LogP contribution in [0.3, 0.4) is 0 Å². The lowest BCUT2D eigenvalue weighted by atomic mass is 10.2. The van der Waals surface area contributed by atoms with Crippen molar-refractivity contribution in [2.24, 2.45) is 0 Å². The van der Waals surface area contributed by atoms with Gasteiger partial charge in [-0.05, 0) is 32.7 Å². The summed E-state index contributed by atoms with van der Waals surface area (Å²) in [6.07, 6.45) is 11.0. The average molecular weight is 213 g/mol. The molecule has 2 heteroatoms. The van der Waals surface area contributed by atoms with Crippen LogP contribution in [-0.2, 0) is 4.74 Å². The van der Waals surface area contributed by atoms with Crippen LogP contribution >= 0.6 is 0 Å². The summed E-state index contributed by atoms with van der Waals surface area (Å²) in [6.45, 7) is 3.23. The summed E-state index contributed by atoms with van der Waals surface area (Å²) in [6, 6.07) is 0.704. The molecule has 1 aliphatic carbocycles. The maximum Gasteiger partial charge on any atom is 0.0590 e. The lowest BCUT2D eigenvalue weighted by molar-refractivity contribution is 0.0542. The SMILES string of the molecule is CCCCCCCOC1CCC(NC)C1. The summed E-state index contributed by atoms with van der Waals surface area (Å²) in [4.78, 5) is 0. The predicted molar refractivity (Wildman–Crippen MR) is 65.2 cm³/mol. The predicted octanol–water partition coefficient (Wildman–Crippen LogP) is 3.11. The Hall–Kier alpha value is -0.0800. The smallest absolute Gasteiger partial charge is 0.0590 e. The summed E-state index contributed by atoms with van der Waals surface area (Å²) in [5.74, 6) is 0. The van der Waals surface area contributed by atoms with Gasteiger partial charge in [-0.3, -0.25) is 0 Å². The van der Waals surface area contributed by atoms with Gasteiger partial charge in [-0.2, -0.15) is 0 Å². The largest absolute Gasteiger partial charge is 0.378 e. The molecule has 1 saturated carbocycles. The Morgan fingerprint density at radius 2 is 1.93 bits per heavy atom. The highest BCUT2D eigenvalue weighted by atomic mass is 16.5. The van der Waals surface area contributed by atoms with Gasteiger partial charge in [0, 0.05) is 12.6 Å². The molecule has 1 rings (SSSR count). The fraction of sp³-hybridized carbons (Fsp3) is 1.00. The van der Waals surface area contributed by atoms with Crippen molar-refractivity contribution < 1.29 is 4.74 Å². The van der Waals surface area contributed by atoms with E-state index in [0.29, 0.717) is 12.1 Å². The van der Waals surface area contributed by atoms with Crippen LogP contribution < -0.4 is 5.32 Å². The zero-order valence-electron chi connectivity index (χ0n) is 10.4. The van der Waals surface area contributed by atoms with Crippen molar-refractivity contribution >= 4 is 0 Å². The van der Waals surface area contributed by atoms with Crippen LogP contribution in [0.5, 0.6) is 0 Å². The number of ether oxygens (including phenoxy) is 1. The van der Waals surface area contributed by atoms with Crippen molar-refractivity contribution in [3.8, 4) is 0 Å². The van der Waals surface area contributed by atoms with E-state index in [2.05, 4.69) is 19.3 Å². The molecule has 15 heavy (non-hydrogen) atoms. The highest BCUT2D eigenvalue weighted by Crippen LogP contribution is 2.21. The lowest BCUT2D eigenvalue weighted by Gasteiger charge is -2.12. The third kappa shape index (κ3) is 5.53.